The molecule has 0 saturated carbocycles. The first-order chi connectivity index (χ1) is 17.1. The van der Waals surface area contributed by atoms with Crippen LogP contribution in [0.3, 0.4) is 0 Å². The molecule has 8 heteroatoms. The first kappa shape index (κ1) is 22.8. The van der Waals surface area contributed by atoms with Gasteiger partial charge in [0.1, 0.15) is 11.6 Å². The van der Waals surface area contributed by atoms with Crippen molar-refractivity contribution in [2.45, 2.75) is 33.2 Å². The van der Waals surface area contributed by atoms with E-state index < -0.39 is 0 Å². The SMILES string of the molecule is CCOc1ccc(CNC(=O)C2CCN(c3ccc4nnc(-c5cccc(C)c5)n4n3)CC2)cc1. The van der Waals surface area contributed by atoms with Crippen molar-refractivity contribution in [2.24, 2.45) is 5.92 Å². The lowest BCUT2D eigenvalue weighted by Gasteiger charge is -2.32. The molecule has 0 radical (unpaired) electrons. The molecule has 35 heavy (non-hydrogen) atoms. The third-order valence-electron chi connectivity index (χ3n) is 6.42. The summed E-state index contributed by atoms with van der Waals surface area (Å²) >= 11 is 0. The van der Waals surface area contributed by atoms with Crippen molar-refractivity contribution in [3.63, 3.8) is 0 Å². The molecule has 1 amide bonds. The van der Waals surface area contributed by atoms with Gasteiger partial charge in [0, 0.05) is 31.1 Å². The van der Waals surface area contributed by atoms with E-state index >= 15 is 0 Å². The minimum atomic E-state index is 0.00967. The predicted octanol–water partition coefficient (Wildman–Crippen LogP) is 4.03. The van der Waals surface area contributed by atoms with E-state index in [0.29, 0.717) is 18.8 Å². The molecule has 3 heterocycles. The quantitative estimate of drug-likeness (QED) is 0.439. The lowest BCUT2D eigenvalue weighted by molar-refractivity contribution is -0.125. The van der Waals surface area contributed by atoms with Gasteiger partial charge in [-0.3, -0.25) is 4.79 Å². The maximum absolute atomic E-state index is 12.8. The number of nitrogens with one attached hydrogen (secondary N) is 1. The fraction of sp³-hybridized carbons (Fsp3) is 0.333. The number of rotatable bonds is 7. The van der Waals surface area contributed by atoms with Crippen LogP contribution in [-0.2, 0) is 11.3 Å². The second-order valence-corrected chi connectivity index (χ2v) is 8.91. The Morgan fingerprint density at radius 2 is 1.86 bits per heavy atom. The van der Waals surface area contributed by atoms with E-state index in [4.69, 9.17) is 9.84 Å². The van der Waals surface area contributed by atoms with Gasteiger partial charge in [-0.25, -0.2) is 0 Å². The number of aromatic nitrogens is 4. The number of carbonyl (C=O) groups excluding carboxylic acids is 1. The monoisotopic (exact) mass is 470 g/mol. The third kappa shape index (κ3) is 5.11. The van der Waals surface area contributed by atoms with Crippen molar-refractivity contribution >= 4 is 17.4 Å². The number of piperidine rings is 1. The van der Waals surface area contributed by atoms with Crippen LogP contribution in [0, 0.1) is 12.8 Å². The molecule has 0 spiro atoms. The highest BCUT2D eigenvalue weighted by atomic mass is 16.5. The highest BCUT2D eigenvalue weighted by Gasteiger charge is 2.26. The number of anilines is 1. The summed E-state index contributed by atoms with van der Waals surface area (Å²) in [6.45, 7) is 6.75. The highest BCUT2D eigenvalue weighted by Crippen LogP contribution is 2.24. The Morgan fingerprint density at radius 3 is 2.60 bits per heavy atom. The number of nitrogens with zero attached hydrogens (tertiary/aromatic N) is 5. The lowest BCUT2D eigenvalue weighted by atomic mass is 9.96. The molecule has 0 bridgehead atoms. The zero-order chi connectivity index (χ0) is 24.2. The van der Waals surface area contributed by atoms with Gasteiger partial charge >= 0.3 is 0 Å². The van der Waals surface area contributed by atoms with Crippen LogP contribution in [0.1, 0.15) is 30.9 Å². The van der Waals surface area contributed by atoms with Crippen LogP contribution in [0.25, 0.3) is 17.0 Å². The minimum Gasteiger partial charge on any atom is -0.494 e. The maximum Gasteiger partial charge on any atom is 0.223 e. The molecule has 0 atom stereocenters. The highest BCUT2D eigenvalue weighted by molar-refractivity contribution is 5.79. The van der Waals surface area contributed by atoms with Crippen molar-refractivity contribution < 1.29 is 9.53 Å². The number of ether oxygens (including phenoxy) is 1. The molecule has 1 fully saturated rings. The molecule has 5 rings (SSSR count). The van der Waals surface area contributed by atoms with Crippen LogP contribution in [0.5, 0.6) is 5.75 Å². The zero-order valence-electron chi connectivity index (χ0n) is 20.1. The van der Waals surface area contributed by atoms with E-state index in [1.807, 2.05) is 55.5 Å². The Bertz CT molecular complexity index is 1310. The topological polar surface area (TPSA) is 84.6 Å². The van der Waals surface area contributed by atoms with Crippen LogP contribution in [-0.4, -0.2) is 45.4 Å². The molecule has 2 aromatic heterocycles. The Labute approximate surface area is 204 Å². The standard InChI is InChI=1S/C27H30N6O2/c1-3-35-23-9-7-20(8-10-23)18-28-27(34)21-13-15-32(16-14-21)25-12-11-24-29-30-26(33(24)31-25)22-6-4-5-19(2)17-22/h4-12,17,21H,3,13-16,18H2,1-2H3,(H,28,34). The van der Waals surface area contributed by atoms with Crippen LogP contribution in [0.2, 0.25) is 0 Å². The van der Waals surface area contributed by atoms with Gasteiger partial charge in [-0.05, 0) is 62.6 Å². The molecule has 1 saturated heterocycles. The summed E-state index contributed by atoms with van der Waals surface area (Å²) in [7, 11) is 0. The number of fused-ring (bicyclic) bond motifs is 1. The van der Waals surface area contributed by atoms with E-state index in [2.05, 4.69) is 39.5 Å². The van der Waals surface area contributed by atoms with E-state index in [1.54, 1.807) is 4.52 Å². The average molecular weight is 471 g/mol. The van der Waals surface area contributed by atoms with Crippen LogP contribution >= 0.6 is 0 Å². The third-order valence-corrected chi connectivity index (χ3v) is 6.42. The summed E-state index contributed by atoms with van der Waals surface area (Å²) < 4.78 is 7.28. The smallest absolute Gasteiger partial charge is 0.223 e. The second kappa shape index (κ2) is 10.1. The Kier molecular flexibility index (Phi) is 6.61. The van der Waals surface area contributed by atoms with Gasteiger partial charge in [0.05, 0.1) is 6.61 Å². The zero-order valence-corrected chi connectivity index (χ0v) is 20.1. The Hall–Kier alpha value is -3.94. The van der Waals surface area contributed by atoms with E-state index in [-0.39, 0.29) is 11.8 Å². The Morgan fingerprint density at radius 1 is 1.06 bits per heavy atom. The van der Waals surface area contributed by atoms with E-state index in [9.17, 15) is 4.79 Å². The Balaban J connectivity index is 1.20. The number of amides is 1. The molecule has 1 aliphatic rings. The van der Waals surface area contributed by atoms with Gasteiger partial charge in [0.15, 0.2) is 11.5 Å². The number of hydrogen-bond acceptors (Lipinski definition) is 6. The van der Waals surface area contributed by atoms with Crippen molar-refractivity contribution in [3.05, 3.63) is 71.8 Å². The van der Waals surface area contributed by atoms with Gasteiger partial charge in [0.25, 0.3) is 0 Å². The molecule has 180 valence electrons. The lowest BCUT2D eigenvalue weighted by Crippen LogP contribution is -2.40. The van der Waals surface area contributed by atoms with Crippen LogP contribution < -0.4 is 15.0 Å². The van der Waals surface area contributed by atoms with Gasteiger partial charge in [-0.15, -0.1) is 15.3 Å². The minimum absolute atomic E-state index is 0.00967. The largest absolute Gasteiger partial charge is 0.494 e. The van der Waals surface area contributed by atoms with Gasteiger partial charge in [0.2, 0.25) is 5.91 Å². The predicted molar refractivity (Wildman–Crippen MR) is 135 cm³/mol. The molecular formula is C27H30N6O2. The van der Waals surface area contributed by atoms with E-state index in [1.165, 1.54) is 5.56 Å². The summed E-state index contributed by atoms with van der Waals surface area (Å²) in [4.78, 5) is 15.0. The van der Waals surface area contributed by atoms with Gasteiger partial charge in [-0.1, -0.05) is 35.9 Å². The van der Waals surface area contributed by atoms with Crippen molar-refractivity contribution in [3.8, 4) is 17.1 Å². The molecule has 2 aromatic carbocycles. The summed E-state index contributed by atoms with van der Waals surface area (Å²) in [6, 6.07) is 20.0. The molecule has 0 unspecified atom stereocenters. The first-order valence-electron chi connectivity index (χ1n) is 12.1. The number of hydrogen-bond donors (Lipinski definition) is 1. The molecular weight excluding hydrogens is 440 g/mol. The number of aryl methyl sites for hydroxylation is 1. The number of carbonyl (C=O) groups is 1. The summed E-state index contributed by atoms with van der Waals surface area (Å²) in [5.74, 6) is 2.57. The van der Waals surface area contributed by atoms with Crippen molar-refractivity contribution in [1.29, 1.82) is 0 Å². The van der Waals surface area contributed by atoms with Crippen LogP contribution in [0.4, 0.5) is 5.82 Å². The normalized spacial score (nSPS) is 14.3. The first-order valence-corrected chi connectivity index (χ1v) is 12.1. The molecule has 4 aromatic rings. The molecule has 0 aliphatic carbocycles. The van der Waals surface area contributed by atoms with E-state index in [0.717, 1.165) is 54.4 Å². The summed E-state index contributed by atoms with van der Waals surface area (Å²) in [5, 5.41) is 16.6. The summed E-state index contributed by atoms with van der Waals surface area (Å²) in [6.07, 6.45) is 1.59. The van der Waals surface area contributed by atoms with Crippen molar-refractivity contribution in [2.75, 3.05) is 24.6 Å². The van der Waals surface area contributed by atoms with Gasteiger partial charge in [-0.2, -0.15) is 4.52 Å². The molecule has 8 nitrogen and oxygen atoms in total. The van der Waals surface area contributed by atoms with Crippen molar-refractivity contribution in [1.82, 2.24) is 25.1 Å². The fourth-order valence-corrected chi connectivity index (χ4v) is 4.49. The number of benzene rings is 2. The summed E-state index contributed by atoms with van der Waals surface area (Å²) in [5.41, 5.74) is 3.94. The molecule has 1 N–H and O–H groups in total. The average Bonchev–Trinajstić information content (AvgIpc) is 3.32. The molecule has 1 aliphatic heterocycles. The fourth-order valence-electron chi connectivity index (χ4n) is 4.49. The van der Waals surface area contributed by atoms with Crippen LogP contribution in [0.15, 0.2) is 60.7 Å². The second-order valence-electron chi connectivity index (χ2n) is 8.91. The maximum atomic E-state index is 12.8. The van der Waals surface area contributed by atoms with Gasteiger partial charge < -0.3 is 15.0 Å².